The summed E-state index contributed by atoms with van der Waals surface area (Å²) in [4.78, 5) is 3.89. The van der Waals surface area contributed by atoms with E-state index in [1.807, 2.05) is 13.8 Å². The summed E-state index contributed by atoms with van der Waals surface area (Å²) in [5, 5.41) is 0. The maximum atomic E-state index is 11.0. The molecule has 0 saturated heterocycles. The third kappa shape index (κ3) is 1.95. The Morgan fingerprint density at radius 1 is 1.50 bits per heavy atom. The molecule has 3 N–H and O–H groups in total. The van der Waals surface area contributed by atoms with Crippen LogP contribution in [0.15, 0.2) is 12.3 Å². The fraction of sp³-hybridized carbons (Fsp3) is 0.375. The highest BCUT2D eigenvalue weighted by atomic mass is 32.2. The van der Waals surface area contributed by atoms with Crippen LogP contribution in [0.4, 0.5) is 11.4 Å². The van der Waals surface area contributed by atoms with Gasteiger partial charge in [-0.2, -0.15) is 0 Å². The summed E-state index contributed by atoms with van der Waals surface area (Å²) in [6.07, 6.45) is 1.50. The minimum absolute atomic E-state index is 0.0760. The van der Waals surface area contributed by atoms with Crippen LogP contribution in [0, 0.1) is 0 Å². The largest absolute Gasteiger partial charge is 0.397 e. The van der Waals surface area contributed by atoms with Gasteiger partial charge in [-0.05, 0) is 6.07 Å². The monoisotopic (exact) mass is 215 g/mol. The molecule has 14 heavy (non-hydrogen) atoms. The van der Waals surface area contributed by atoms with Gasteiger partial charge in [-0.15, -0.1) is 0 Å². The maximum Gasteiger partial charge on any atom is 0.238 e. The van der Waals surface area contributed by atoms with Crippen LogP contribution in [0.5, 0.6) is 0 Å². The van der Waals surface area contributed by atoms with Crippen molar-refractivity contribution in [2.24, 2.45) is 0 Å². The number of hydrogen-bond donors (Lipinski definition) is 2. The van der Waals surface area contributed by atoms with Gasteiger partial charge in [0, 0.05) is 6.20 Å². The van der Waals surface area contributed by atoms with Gasteiger partial charge in [0.2, 0.25) is 10.0 Å². The van der Waals surface area contributed by atoms with Gasteiger partial charge >= 0.3 is 0 Å². The van der Waals surface area contributed by atoms with Crippen molar-refractivity contribution >= 4 is 21.4 Å². The molecule has 2 rings (SSSR count). The molecule has 0 fully saturated rings. The van der Waals surface area contributed by atoms with Gasteiger partial charge in [-0.1, -0.05) is 13.8 Å². The van der Waals surface area contributed by atoms with Crippen LogP contribution in [0.25, 0.3) is 0 Å². The van der Waals surface area contributed by atoms with Crippen LogP contribution >= 0.6 is 0 Å². The Bertz CT molecular complexity index is 428. The molecule has 0 bridgehead atoms. The Balaban J connectivity index is 0.000000461. The molecule has 0 amide bonds. The second kappa shape index (κ2) is 3.83. The van der Waals surface area contributed by atoms with Crippen molar-refractivity contribution in [3.63, 3.8) is 0 Å². The molecule has 1 aliphatic rings. The van der Waals surface area contributed by atoms with Crippen LogP contribution < -0.4 is 10.5 Å². The highest BCUT2D eigenvalue weighted by molar-refractivity contribution is 7.92. The molecular weight excluding hydrogens is 202 g/mol. The van der Waals surface area contributed by atoms with Crippen LogP contribution in [0.2, 0.25) is 0 Å². The van der Waals surface area contributed by atoms with E-state index in [-0.39, 0.29) is 5.75 Å². The van der Waals surface area contributed by atoms with Crippen LogP contribution in [-0.2, 0) is 15.8 Å². The number of aromatic nitrogens is 1. The van der Waals surface area contributed by atoms with Gasteiger partial charge in [0.05, 0.1) is 17.1 Å². The number of hydrogen-bond acceptors (Lipinski definition) is 4. The van der Waals surface area contributed by atoms with Gasteiger partial charge < -0.3 is 5.73 Å². The number of nitrogens with zero attached hydrogens (tertiary/aromatic N) is 1. The van der Waals surface area contributed by atoms with Crippen molar-refractivity contribution < 1.29 is 8.42 Å². The zero-order chi connectivity index (χ0) is 10.8. The number of fused-ring (bicyclic) bond motifs is 1. The van der Waals surface area contributed by atoms with E-state index < -0.39 is 10.0 Å². The van der Waals surface area contributed by atoms with E-state index in [4.69, 9.17) is 5.73 Å². The normalized spacial score (nSPS) is 16.1. The average Bonchev–Trinajstić information content (AvgIpc) is 2.45. The number of nitrogens with two attached hydrogens (primary N) is 1. The quantitative estimate of drug-likeness (QED) is 0.674. The molecule has 1 aliphatic heterocycles. The number of pyridine rings is 1. The Morgan fingerprint density at radius 2 is 2.14 bits per heavy atom. The van der Waals surface area contributed by atoms with Gasteiger partial charge in [0.25, 0.3) is 0 Å². The Labute approximate surface area is 83.4 Å². The number of rotatable bonds is 0. The number of anilines is 2. The standard InChI is InChI=1S/C6H7N3O2S.C2H6/c7-4-1-2-8-5-3-12(10,11)9-6(4)5;1-2/h1-2,9H,3H2,(H2,7,8);1-2H3. The van der Waals surface area contributed by atoms with E-state index in [9.17, 15) is 8.42 Å². The first-order valence-electron chi connectivity index (χ1n) is 4.32. The van der Waals surface area contributed by atoms with Gasteiger partial charge in [0.1, 0.15) is 5.75 Å². The summed E-state index contributed by atoms with van der Waals surface area (Å²) in [5.74, 6) is -0.0760. The van der Waals surface area contributed by atoms with E-state index in [2.05, 4.69) is 9.71 Å². The smallest absolute Gasteiger partial charge is 0.238 e. The second-order valence-corrected chi connectivity index (χ2v) is 4.31. The molecule has 0 atom stereocenters. The summed E-state index contributed by atoms with van der Waals surface area (Å²) in [5.41, 5.74) is 6.87. The first-order valence-corrected chi connectivity index (χ1v) is 5.97. The third-order valence-corrected chi connectivity index (χ3v) is 2.81. The van der Waals surface area contributed by atoms with Crippen LogP contribution in [0.3, 0.4) is 0 Å². The Kier molecular flexibility index (Phi) is 2.95. The summed E-state index contributed by atoms with van der Waals surface area (Å²) >= 11 is 0. The fourth-order valence-corrected chi connectivity index (χ4v) is 2.32. The summed E-state index contributed by atoms with van der Waals surface area (Å²) in [7, 11) is -3.22. The van der Waals surface area contributed by atoms with Crippen molar-refractivity contribution in [3.8, 4) is 0 Å². The Morgan fingerprint density at radius 3 is 2.71 bits per heavy atom. The minimum Gasteiger partial charge on any atom is -0.397 e. The molecule has 0 aromatic carbocycles. The van der Waals surface area contributed by atoms with Gasteiger partial charge in [-0.25, -0.2) is 8.42 Å². The predicted octanol–water partition coefficient (Wildman–Crippen LogP) is 0.945. The number of sulfonamides is 1. The minimum atomic E-state index is -3.22. The van der Waals surface area contributed by atoms with Crippen molar-refractivity contribution in [2.75, 3.05) is 10.5 Å². The van der Waals surface area contributed by atoms with E-state index in [0.29, 0.717) is 17.1 Å². The molecule has 5 nitrogen and oxygen atoms in total. The lowest BCUT2D eigenvalue weighted by molar-refractivity contribution is 0.602. The molecule has 78 valence electrons. The molecule has 1 aromatic heterocycles. The van der Waals surface area contributed by atoms with Crippen molar-refractivity contribution in [1.29, 1.82) is 0 Å². The first kappa shape index (κ1) is 10.8. The molecule has 0 saturated carbocycles. The van der Waals surface area contributed by atoms with E-state index >= 15 is 0 Å². The van der Waals surface area contributed by atoms with Crippen LogP contribution in [-0.4, -0.2) is 13.4 Å². The van der Waals surface area contributed by atoms with E-state index in [0.717, 1.165) is 0 Å². The summed E-state index contributed by atoms with van der Waals surface area (Å²) in [6.45, 7) is 4.00. The Hall–Kier alpha value is -1.30. The highest BCUT2D eigenvalue weighted by Gasteiger charge is 2.26. The summed E-state index contributed by atoms with van der Waals surface area (Å²) in [6, 6.07) is 1.56. The highest BCUT2D eigenvalue weighted by Crippen LogP contribution is 2.29. The third-order valence-electron chi connectivity index (χ3n) is 1.65. The molecular formula is C8H13N3O2S. The number of nitrogen functional groups attached to an aromatic ring is 1. The second-order valence-electron chi connectivity index (χ2n) is 2.58. The average molecular weight is 215 g/mol. The summed E-state index contributed by atoms with van der Waals surface area (Å²) < 4.78 is 24.4. The molecule has 0 spiro atoms. The van der Waals surface area contributed by atoms with E-state index in [1.165, 1.54) is 6.20 Å². The molecule has 2 heterocycles. The molecule has 6 heteroatoms. The zero-order valence-corrected chi connectivity index (χ0v) is 8.93. The topological polar surface area (TPSA) is 85.1 Å². The lowest BCUT2D eigenvalue weighted by Gasteiger charge is -1.99. The van der Waals surface area contributed by atoms with Gasteiger partial charge in [0.15, 0.2) is 0 Å². The lowest BCUT2D eigenvalue weighted by Crippen LogP contribution is -2.06. The molecule has 0 radical (unpaired) electrons. The molecule has 1 aromatic rings. The van der Waals surface area contributed by atoms with Gasteiger partial charge in [-0.3, -0.25) is 9.71 Å². The molecule has 0 unspecified atom stereocenters. The maximum absolute atomic E-state index is 11.0. The predicted molar refractivity (Wildman–Crippen MR) is 56.2 cm³/mol. The fourth-order valence-electron chi connectivity index (χ4n) is 1.12. The van der Waals surface area contributed by atoms with Crippen molar-refractivity contribution in [2.45, 2.75) is 19.6 Å². The van der Waals surface area contributed by atoms with E-state index in [1.54, 1.807) is 6.07 Å². The zero-order valence-electron chi connectivity index (χ0n) is 8.11. The van der Waals surface area contributed by atoms with Crippen molar-refractivity contribution in [1.82, 2.24) is 4.98 Å². The molecule has 0 aliphatic carbocycles. The lowest BCUT2D eigenvalue weighted by atomic mass is 10.3. The number of nitrogens with one attached hydrogen (secondary N) is 1. The van der Waals surface area contributed by atoms with Crippen LogP contribution in [0.1, 0.15) is 19.5 Å². The van der Waals surface area contributed by atoms with Crippen molar-refractivity contribution in [3.05, 3.63) is 18.0 Å². The SMILES string of the molecule is CC.Nc1ccnc2c1NS(=O)(=O)C2. The first-order chi connectivity index (χ1) is 6.58.